The van der Waals surface area contributed by atoms with Crippen molar-refractivity contribution < 1.29 is 0 Å². The van der Waals surface area contributed by atoms with Gasteiger partial charge >= 0.3 is 0 Å². The summed E-state index contributed by atoms with van der Waals surface area (Å²) in [5.41, 5.74) is 2.89. The Hall–Kier alpha value is -0.830. The molecule has 0 aliphatic carbocycles. The van der Waals surface area contributed by atoms with Crippen molar-refractivity contribution in [3.05, 3.63) is 17.2 Å². The Bertz CT molecular complexity index is 394. The molecule has 1 unspecified atom stereocenters. The van der Waals surface area contributed by atoms with Gasteiger partial charge in [0.25, 0.3) is 0 Å². The number of rotatable bonds is 1. The monoisotopic (exact) mass is 219 g/mol. The maximum absolute atomic E-state index is 4.88. The third-order valence-electron chi connectivity index (χ3n) is 4.13. The first-order valence-electron chi connectivity index (χ1n) is 6.60. The Morgan fingerprint density at radius 2 is 2.25 bits per heavy atom. The molecule has 3 heteroatoms. The molecular formula is C13H21N3. The minimum atomic E-state index is 0.662. The number of hydrogen-bond acceptors (Lipinski definition) is 2. The Balaban J connectivity index is 1.99. The van der Waals surface area contributed by atoms with Crippen LogP contribution in [0.5, 0.6) is 0 Å². The van der Waals surface area contributed by atoms with Crippen LogP contribution in [0.1, 0.15) is 49.8 Å². The second kappa shape index (κ2) is 3.88. The van der Waals surface area contributed by atoms with Crippen LogP contribution >= 0.6 is 0 Å². The summed E-state index contributed by atoms with van der Waals surface area (Å²) in [5.74, 6) is 2.02. The highest BCUT2D eigenvalue weighted by molar-refractivity contribution is 5.23. The van der Waals surface area contributed by atoms with Crippen LogP contribution in [0.25, 0.3) is 0 Å². The second-order valence-corrected chi connectivity index (χ2v) is 5.18. The van der Waals surface area contributed by atoms with Gasteiger partial charge in [-0.2, -0.15) is 0 Å². The highest BCUT2D eigenvalue weighted by Gasteiger charge is 2.27. The third-order valence-corrected chi connectivity index (χ3v) is 4.13. The van der Waals surface area contributed by atoms with Crippen LogP contribution < -0.4 is 0 Å². The van der Waals surface area contributed by atoms with Crippen molar-refractivity contribution in [1.29, 1.82) is 0 Å². The lowest BCUT2D eigenvalue weighted by Gasteiger charge is -2.27. The van der Waals surface area contributed by atoms with E-state index in [2.05, 4.69) is 23.3 Å². The quantitative estimate of drug-likeness (QED) is 0.721. The summed E-state index contributed by atoms with van der Waals surface area (Å²) in [7, 11) is 0. The summed E-state index contributed by atoms with van der Waals surface area (Å²) in [6.45, 7) is 9.23. The van der Waals surface area contributed by atoms with E-state index in [9.17, 15) is 0 Å². The summed E-state index contributed by atoms with van der Waals surface area (Å²) < 4.78 is 2.51. The summed E-state index contributed by atoms with van der Waals surface area (Å²) in [6.07, 6.45) is 3.78. The lowest BCUT2D eigenvalue weighted by atomic mass is 10.0. The zero-order chi connectivity index (χ0) is 11.1. The average molecular weight is 219 g/mol. The van der Waals surface area contributed by atoms with Crippen molar-refractivity contribution in [2.45, 2.75) is 52.1 Å². The zero-order valence-corrected chi connectivity index (χ0v) is 10.4. The third kappa shape index (κ3) is 1.49. The molecule has 0 spiro atoms. The molecular weight excluding hydrogens is 198 g/mol. The van der Waals surface area contributed by atoms with Gasteiger partial charge in [0, 0.05) is 32.0 Å². The smallest absolute Gasteiger partial charge is 0.112 e. The van der Waals surface area contributed by atoms with Gasteiger partial charge in [-0.1, -0.05) is 13.8 Å². The van der Waals surface area contributed by atoms with Crippen LogP contribution in [-0.4, -0.2) is 27.5 Å². The minimum absolute atomic E-state index is 0.662. The van der Waals surface area contributed by atoms with Crippen LogP contribution in [0, 0.1) is 0 Å². The molecule has 0 radical (unpaired) electrons. The predicted octanol–water partition coefficient (Wildman–Crippen LogP) is 2.16. The fourth-order valence-electron chi connectivity index (χ4n) is 3.07. The molecule has 3 nitrogen and oxygen atoms in total. The van der Waals surface area contributed by atoms with Gasteiger partial charge in [0.05, 0.1) is 11.4 Å². The molecule has 2 aliphatic heterocycles. The molecule has 0 N–H and O–H groups in total. The van der Waals surface area contributed by atoms with Crippen LogP contribution in [0.4, 0.5) is 0 Å². The highest BCUT2D eigenvalue weighted by Crippen LogP contribution is 2.30. The van der Waals surface area contributed by atoms with Crippen molar-refractivity contribution in [2.24, 2.45) is 0 Å². The van der Waals surface area contributed by atoms with Gasteiger partial charge in [-0.3, -0.25) is 4.90 Å². The summed E-state index contributed by atoms with van der Waals surface area (Å²) in [4.78, 5) is 7.40. The Morgan fingerprint density at radius 3 is 3.06 bits per heavy atom. The molecule has 3 heterocycles. The van der Waals surface area contributed by atoms with Crippen LogP contribution in [0.2, 0.25) is 0 Å². The molecule has 3 rings (SSSR count). The van der Waals surface area contributed by atoms with Crippen LogP contribution in [0.3, 0.4) is 0 Å². The molecule has 1 aromatic rings. The van der Waals surface area contributed by atoms with Gasteiger partial charge in [0.1, 0.15) is 5.82 Å². The second-order valence-electron chi connectivity index (χ2n) is 5.18. The van der Waals surface area contributed by atoms with E-state index in [-0.39, 0.29) is 0 Å². The highest BCUT2D eigenvalue weighted by atomic mass is 15.2. The average Bonchev–Trinajstić information content (AvgIpc) is 2.68. The van der Waals surface area contributed by atoms with Gasteiger partial charge < -0.3 is 4.57 Å². The van der Waals surface area contributed by atoms with Crippen LogP contribution in [-0.2, 0) is 19.5 Å². The molecule has 88 valence electrons. The fourth-order valence-corrected chi connectivity index (χ4v) is 3.07. The standard InChI is InChI=1S/C13H21N3/c1-3-15-8-6-11-12(9-15)16-7-4-5-10(2)13(16)14-11/h10H,3-9H2,1-2H3. The molecule has 2 aliphatic rings. The summed E-state index contributed by atoms with van der Waals surface area (Å²) in [6, 6.07) is 0. The number of aromatic nitrogens is 2. The van der Waals surface area contributed by atoms with Gasteiger partial charge in [-0.15, -0.1) is 0 Å². The molecule has 0 saturated heterocycles. The van der Waals surface area contributed by atoms with Crippen molar-refractivity contribution in [3.63, 3.8) is 0 Å². The van der Waals surface area contributed by atoms with E-state index in [0.29, 0.717) is 5.92 Å². The molecule has 16 heavy (non-hydrogen) atoms. The van der Waals surface area contributed by atoms with E-state index in [1.54, 1.807) is 0 Å². The molecule has 1 atom stereocenters. The van der Waals surface area contributed by atoms with E-state index in [4.69, 9.17) is 4.98 Å². The molecule has 1 aromatic heterocycles. The fraction of sp³-hybridized carbons (Fsp3) is 0.769. The van der Waals surface area contributed by atoms with Crippen molar-refractivity contribution in [3.8, 4) is 0 Å². The topological polar surface area (TPSA) is 21.1 Å². The van der Waals surface area contributed by atoms with Gasteiger partial charge in [-0.05, 0) is 19.4 Å². The lowest BCUT2D eigenvalue weighted by molar-refractivity contribution is 0.256. The Kier molecular flexibility index (Phi) is 2.51. The molecule has 0 saturated carbocycles. The first kappa shape index (κ1) is 10.3. The van der Waals surface area contributed by atoms with Crippen LogP contribution in [0.15, 0.2) is 0 Å². The van der Waals surface area contributed by atoms with E-state index < -0.39 is 0 Å². The minimum Gasteiger partial charge on any atom is -0.330 e. The number of fused-ring (bicyclic) bond motifs is 3. The lowest BCUT2D eigenvalue weighted by Crippen LogP contribution is -2.31. The number of imidazole rings is 1. The van der Waals surface area contributed by atoms with E-state index in [1.807, 2.05) is 0 Å². The van der Waals surface area contributed by atoms with Gasteiger partial charge in [0.2, 0.25) is 0 Å². The van der Waals surface area contributed by atoms with Crippen molar-refractivity contribution in [1.82, 2.24) is 14.5 Å². The van der Waals surface area contributed by atoms with E-state index in [1.165, 1.54) is 43.1 Å². The number of nitrogens with zero attached hydrogens (tertiary/aromatic N) is 3. The maximum Gasteiger partial charge on any atom is 0.112 e. The Morgan fingerprint density at radius 1 is 1.38 bits per heavy atom. The normalized spacial score (nSPS) is 25.2. The first-order chi connectivity index (χ1) is 7.79. The number of hydrogen-bond donors (Lipinski definition) is 0. The summed E-state index contributed by atoms with van der Waals surface area (Å²) in [5, 5.41) is 0. The van der Waals surface area contributed by atoms with E-state index >= 15 is 0 Å². The molecule has 0 aromatic carbocycles. The predicted molar refractivity (Wildman–Crippen MR) is 64.5 cm³/mol. The summed E-state index contributed by atoms with van der Waals surface area (Å²) >= 11 is 0. The molecule has 0 bridgehead atoms. The largest absolute Gasteiger partial charge is 0.330 e. The van der Waals surface area contributed by atoms with Gasteiger partial charge in [0.15, 0.2) is 0 Å². The van der Waals surface area contributed by atoms with E-state index in [0.717, 1.165) is 19.5 Å². The molecule has 0 amide bonds. The maximum atomic E-state index is 4.88. The first-order valence-corrected chi connectivity index (χ1v) is 6.60. The molecule has 0 fully saturated rings. The SMILES string of the molecule is CCN1CCc2nc3n(c2C1)CCCC3C. The van der Waals surface area contributed by atoms with Gasteiger partial charge in [-0.25, -0.2) is 4.98 Å². The van der Waals surface area contributed by atoms with Crippen molar-refractivity contribution >= 4 is 0 Å². The zero-order valence-electron chi connectivity index (χ0n) is 10.4. The Labute approximate surface area is 97.5 Å². The number of likely N-dealkylation sites (N-methyl/N-ethyl adjacent to an activating group) is 1. The van der Waals surface area contributed by atoms with Crippen molar-refractivity contribution in [2.75, 3.05) is 13.1 Å².